The summed E-state index contributed by atoms with van der Waals surface area (Å²) in [6, 6.07) is 0. The molecule has 11 heavy (non-hydrogen) atoms. The molecule has 2 saturated carbocycles. The van der Waals surface area contributed by atoms with Crippen LogP contribution in [0, 0.1) is 17.8 Å². The zero-order valence-corrected chi connectivity index (χ0v) is 6.06. The van der Waals surface area contributed by atoms with Crippen molar-refractivity contribution < 1.29 is 14.6 Å². The number of aliphatic carboxylic acids is 1. The van der Waals surface area contributed by atoms with Crippen LogP contribution < -0.4 is 0 Å². The number of ether oxygens (including phenoxy) is 1. The first-order valence-electron chi connectivity index (χ1n) is 4.15. The first-order valence-corrected chi connectivity index (χ1v) is 4.15. The van der Waals surface area contributed by atoms with Gasteiger partial charge in [0.05, 0.1) is 18.1 Å². The Morgan fingerprint density at radius 2 is 2.18 bits per heavy atom. The summed E-state index contributed by atoms with van der Waals surface area (Å²) in [4.78, 5) is 10.7. The van der Waals surface area contributed by atoms with Gasteiger partial charge < -0.3 is 9.84 Å². The maximum absolute atomic E-state index is 10.7. The third kappa shape index (κ3) is 0.601. The Labute approximate surface area is 64.3 Å². The summed E-state index contributed by atoms with van der Waals surface area (Å²) in [7, 11) is 0. The lowest BCUT2D eigenvalue weighted by molar-refractivity contribution is -0.143. The van der Waals surface area contributed by atoms with Crippen molar-refractivity contribution in [3.8, 4) is 0 Å². The normalized spacial score (nSPS) is 57.6. The van der Waals surface area contributed by atoms with Gasteiger partial charge in [0.2, 0.25) is 0 Å². The number of carboxylic acid groups (broad SMARTS) is 1. The quantitative estimate of drug-likeness (QED) is 0.559. The summed E-state index contributed by atoms with van der Waals surface area (Å²) in [6.45, 7) is 0. The second-order valence-corrected chi connectivity index (χ2v) is 3.91. The van der Waals surface area contributed by atoms with Crippen molar-refractivity contribution in [3.63, 3.8) is 0 Å². The molecular weight excluding hydrogens is 144 g/mol. The van der Waals surface area contributed by atoms with Crippen LogP contribution in [0.4, 0.5) is 0 Å². The van der Waals surface area contributed by atoms with Gasteiger partial charge in [0.15, 0.2) is 0 Å². The molecule has 0 amide bonds. The second kappa shape index (κ2) is 1.61. The summed E-state index contributed by atoms with van der Waals surface area (Å²) in [6.07, 6.45) is 2.75. The highest BCUT2D eigenvalue weighted by Gasteiger charge is 2.64. The highest BCUT2D eigenvalue weighted by molar-refractivity contribution is 5.71. The van der Waals surface area contributed by atoms with E-state index >= 15 is 0 Å². The Morgan fingerprint density at radius 1 is 1.36 bits per heavy atom. The largest absolute Gasteiger partial charge is 0.481 e. The lowest BCUT2D eigenvalue weighted by Crippen LogP contribution is -2.24. The monoisotopic (exact) mass is 154 g/mol. The van der Waals surface area contributed by atoms with E-state index in [-0.39, 0.29) is 5.92 Å². The van der Waals surface area contributed by atoms with Gasteiger partial charge in [0, 0.05) is 5.92 Å². The van der Waals surface area contributed by atoms with Gasteiger partial charge in [-0.05, 0) is 18.8 Å². The van der Waals surface area contributed by atoms with Gasteiger partial charge in [0.25, 0.3) is 0 Å². The van der Waals surface area contributed by atoms with Gasteiger partial charge in [-0.15, -0.1) is 0 Å². The molecule has 3 rings (SSSR count). The third-order valence-electron chi connectivity index (χ3n) is 3.41. The van der Waals surface area contributed by atoms with E-state index in [1.165, 1.54) is 0 Å². The van der Waals surface area contributed by atoms with Crippen LogP contribution in [-0.2, 0) is 9.53 Å². The van der Waals surface area contributed by atoms with Crippen LogP contribution in [-0.4, -0.2) is 23.3 Å². The number of rotatable bonds is 1. The lowest BCUT2D eigenvalue weighted by Gasteiger charge is -2.13. The molecule has 2 bridgehead atoms. The highest BCUT2D eigenvalue weighted by atomic mass is 16.6. The predicted molar refractivity (Wildman–Crippen MR) is 36.0 cm³/mol. The molecule has 3 nitrogen and oxygen atoms in total. The van der Waals surface area contributed by atoms with Gasteiger partial charge in [-0.3, -0.25) is 4.79 Å². The van der Waals surface area contributed by atoms with E-state index in [0.717, 1.165) is 12.8 Å². The summed E-state index contributed by atoms with van der Waals surface area (Å²) in [5.41, 5.74) is 0. The topological polar surface area (TPSA) is 49.8 Å². The van der Waals surface area contributed by atoms with Crippen molar-refractivity contribution in [2.24, 2.45) is 17.8 Å². The number of fused-ring (bicyclic) bond motifs is 5. The molecule has 0 aromatic heterocycles. The fourth-order valence-corrected chi connectivity index (χ4v) is 2.89. The Morgan fingerprint density at radius 3 is 2.73 bits per heavy atom. The van der Waals surface area contributed by atoms with Gasteiger partial charge in [-0.25, -0.2) is 0 Å². The average Bonchev–Trinajstić information content (AvgIpc) is 2.57. The van der Waals surface area contributed by atoms with Crippen LogP contribution >= 0.6 is 0 Å². The first kappa shape index (κ1) is 6.00. The molecular formula is C8H10O3. The third-order valence-corrected chi connectivity index (χ3v) is 3.41. The van der Waals surface area contributed by atoms with E-state index in [0.29, 0.717) is 24.0 Å². The predicted octanol–water partition coefficient (Wildman–Crippen LogP) is 0.494. The fourth-order valence-electron chi connectivity index (χ4n) is 2.89. The molecule has 1 N–H and O–H groups in total. The number of epoxide rings is 1. The maximum atomic E-state index is 10.7. The molecule has 0 spiro atoms. The fraction of sp³-hybridized carbons (Fsp3) is 0.875. The smallest absolute Gasteiger partial charge is 0.306 e. The van der Waals surface area contributed by atoms with Crippen LogP contribution in [0.5, 0.6) is 0 Å². The minimum absolute atomic E-state index is 0.0938. The molecule has 60 valence electrons. The van der Waals surface area contributed by atoms with E-state index in [9.17, 15) is 4.79 Å². The zero-order chi connectivity index (χ0) is 7.59. The number of hydrogen-bond acceptors (Lipinski definition) is 2. The zero-order valence-electron chi connectivity index (χ0n) is 6.06. The molecule has 0 aromatic carbocycles. The molecule has 5 atom stereocenters. The van der Waals surface area contributed by atoms with Crippen molar-refractivity contribution in [3.05, 3.63) is 0 Å². The lowest BCUT2D eigenvalue weighted by atomic mass is 9.89. The number of carbonyl (C=O) groups is 1. The van der Waals surface area contributed by atoms with E-state index in [2.05, 4.69) is 0 Å². The van der Waals surface area contributed by atoms with Gasteiger partial charge in [-0.1, -0.05) is 0 Å². The van der Waals surface area contributed by atoms with Gasteiger partial charge in [0.1, 0.15) is 0 Å². The Kier molecular flexibility index (Phi) is 0.876. The Balaban J connectivity index is 1.87. The van der Waals surface area contributed by atoms with Crippen molar-refractivity contribution in [2.45, 2.75) is 25.0 Å². The maximum Gasteiger partial charge on any atom is 0.306 e. The minimum atomic E-state index is -0.619. The molecule has 0 radical (unpaired) electrons. The molecule has 3 heteroatoms. The van der Waals surface area contributed by atoms with Crippen LogP contribution in [0.2, 0.25) is 0 Å². The Bertz CT molecular complexity index is 225. The molecule has 1 heterocycles. The number of hydrogen-bond donors (Lipinski definition) is 1. The highest BCUT2D eigenvalue weighted by Crippen LogP contribution is 2.58. The number of carboxylic acids is 1. The van der Waals surface area contributed by atoms with Crippen LogP contribution in [0.25, 0.3) is 0 Å². The molecule has 1 aliphatic heterocycles. The van der Waals surface area contributed by atoms with Crippen molar-refractivity contribution >= 4 is 5.97 Å². The summed E-state index contributed by atoms with van der Waals surface area (Å²) < 4.78 is 5.36. The van der Waals surface area contributed by atoms with E-state index in [1.807, 2.05) is 0 Å². The van der Waals surface area contributed by atoms with Crippen LogP contribution in [0.1, 0.15) is 12.8 Å². The minimum Gasteiger partial charge on any atom is -0.481 e. The second-order valence-electron chi connectivity index (χ2n) is 3.91. The average molecular weight is 154 g/mol. The van der Waals surface area contributed by atoms with Gasteiger partial charge in [-0.2, -0.15) is 0 Å². The SMILES string of the molecule is O=C(O)[C@@H]1C[C@H]2C[C@@H]1[C@H]1O[C@@H]21. The van der Waals surface area contributed by atoms with Crippen molar-refractivity contribution in [1.29, 1.82) is 0 Å². The molecule has 3 fully saturated rings. The molecule has 2 aliphatic carbocycles. The van der Waals surface area contributed by atoms with E-state index < -0.39 is 5.97 Å². The van der Waals surface area contributed by atoms with Crippen LogP contribution in [0.15, 0.2) is 0 Å². The first-order chi connectivity index (χ1) is 5.27. The van der Waals surface area contributed by atoms with Crippen LogP contribution in [0.3, 0.4) is 0 Å². The summed E-state index contributed by atoms with van der Waals surface area (Å²) in [5, 5.41) is 8.82. The standard InChI is InChI=1S/C8H10O3/c9-8(10)5-2-3-1-4(5)7-6(3)11-7/h3-7H,1-2H2,(H,9,10)/t3-,4+,5-,6+,7-/m1/s1. The van der Waals surface area contributed by atoms with Crippen molar-refractivity contribution in [2.75, 3.05) is 0 Å². The summed E-state index contributed by atoms with van der Waals surface area (Å²) >= 11 is 0. The molecule has 3 aliphatic rings. The van der Waals surface area contributed by atoms with E-state index in [1.54, 1.807) is 0 Å². The van der Waals surface area contributed by atoms with Crippen molar-refractivity contribution in [1.82, 2.24) is 0 Å². The molecule has 0 unspecified atom stereocenters. The molecule has 1 saturated heterocycles. The Hall–Kier alpha value is -0.570. The summed E-state index contributed by atoms with van der Waals surface area (Å²) in [5.74, 6) is 0.212. The van der Waals surface area contributed by atoms with E-state index in [4.69, 9.17) is 9.84 Å². The molecule has 0 aromatic rings. The van der Waals surface area contributed by atoms with Gasteiger partial charge >= 0.3 is 5.97 Å².